The molecule has 0 spiro atoms. The molecular formula is C25H28F2N8. The van der Waals surface area contributed by atoms with Crippen molar-refractivity contribution in [2.75, 3.05) is 29.9 Å². The number of aromatic nitrogens is 5. The Kier molecular flexibility index (Phi) is 6.06. The summed E-state index contributed by atoms with van der Waals surface area (Å²) in [5.74, 6) is 0.238. The van der Waals surface area contributed by atoms with Crippen LogP contribution in [0.5, 0.6) is 0 Å². The van der Waals surface area contributed by atoms with Gasteiger partial charge < -0.3 is 20.1 Å². The highest BCUT2D eigenvalue weighted by molar-refractivity contribution is 5.83. The molecule has 2 N–H and O–H groups in total. The van der Waals surface area contributed by atoms with Gasteiger partial charge in [-0.25, -0.2) is 28.7 Å². The summed E-state index contributed by atoms with van der Waals surface area (Å²) in [4.78, 5) is 19.5. The van der Waals surface area contributed by atoms with E-state index in [0.29, 0.717) is 28.8 Å². The zero-order valence-electron chi connectivity index (χ0n) is 20.2. The predicted molar refractivity (Wildman–Crippen MR) is 133 cm³/mol. The van der Waals surface area contributed by atoms with Crippen molar-refractivity contribution in [1.29, 1.82) is 0 Å². The van der Waals surface area contributed by atoms with Crippen molar-refractivity contribution in [2.24, 2.45) is 0 Å². The molecule has 0 bridgehead atoms. The van der Waals surface area contributed by atoms with Gasteiger partial charge in [-0.3, -0.25) is 0 Å². The van der Waals surface area contributed by atoms with Crippen LogP contribution in [0.3, 0.4) is 0 Å². The molecule has 1 aliphatic heterocycles. The molecule has 4 aromatic rings. The normalized spacial score (nSPS) is 16.3. The smallest absolute Gasteiger partial charge is 0.229 e. The molecule has 3 aromatic heterocycles. The van der Waals surface area contributed by atoms with E-state index in [1.54, 1.807) is 12.3 Å². The van der Waals surface area contributed by atoms with Crippen LogP contribution < -0.4 is 15.5 Å². The van der Waals surface area contributed by atoms with Crippen molar-refractivity contribution in [3.63, 3.8) is 0 Å². The van der Waals surface area contributed by atoms with Crippen molar-refractivity contribution in [3.8, 4) is 11.3 Å². The molecule has 0 radical (unpaired) electrons. The Morgan fingerprint density at radius 2 is 1.91 bits per heavy atom. The summed E-state index contributed by atoms with van der Waals surface area (Å²) in [5.41, 5.74) is 2.21. The fourth-order valence-corrected chi connectivity index (χ4v) is 4.62. The van der Waals surface area contributed by atoms with Crippen molar-refractivity contribution in [2.45, 2.75) is 39.8 Å². The number of fused-ring (bicyclic) bond motifs is 1. The molecule has 0 aliphatic carbocycles. The van der Waals surface area contributed by atoms with Crippen molar-refractivity contribution >= 4 is 28.5 Å². The Bertz CT molecular complexity index is 1370. The minimum atomic E-state index is -0.641. The average molecular weight is 479 g/mol. The number of anilines is 3. The molecule has 182 valence electrons. The molecular weight excluding hydrogens is 450 g/mol. The first-order chi connectivity index (χ1) is 16.8. The van der Waals surface area contributed by atoms with Gasteiger partial charge in [0.25, 0.3) is 0 Å². The summed E-state index contributed by atoms with van der Waals surface area (Å²) < 4.78 is 31.6. The molecule has 8 nitrogen and oxygen atoms in total. The Morgan fingerprint density at radius 3 is 2.63 bits per heavy atom. The Labute approximate surface area is 202 Å². The van der Waals surface area contributed by atoms with Gasteiger partial charge in [-0.1, -0.05) is 0 Å². The van der Waals surface area contributed by atoms with Crippen LogP contribution in [0.15, 0.2) is 36.7 Å². The van der Waals surface area contributed by atoms with Gasteiger partial charge in [0.2, 0.25) is 5.95 Å². The zero-order valence-corrected chi connectivity index (χ0v) is 20.2. The molecule has 1 saturated heterocycles. The highest BCUT2D eigenvalue weighted by Gasteiger charge is 2.19. The van der Waals surface area contributed by atoms with Gasteiger partial charge in [0.1, 0.15) is 22.9 Å². The van der Waals surface area contributed by atoms with Gasteiger partial charge in [0.05, 0.1) is 23.6 Å². The number of pyridine rings is 1. The number of halogens is 2. The number of nitrogens with one attached hydrogen (secondary N) is 2. The molecule has 1 aliphatic rings. The molecule has 4 heterocycles. The van der Waals surface area contributed by atoms with E-state index in [9.17, 15) is 8.78 Å². The van der Waals surface area contributed by atoms with Gasteiger partial charge in [0.15, 0.2) is 11.6 Å². The van der Waals surface area contributed by atoms with E-state index in [2.05, 4.69) is 42.4 Å². The molecule has 35 heavy (non-hydrogen) atoms. The highest BCUT2D eigenvalue weighted by atomic mass is 19.1. The summed E-state index contributed by atoms with van der Waals surface area (Å²) in [6.45, 7) is 10.7. The van der Waals surface area contributed by atoms with E-state index in [1.807, 2.05) is 37.5 Å². The van der Waals surface area contributed by atoms with Gasteiger partial charge in [-0.2, -0.15) is 0 Å². The number of aryl methyl sites for hydroxylation is 1. The second-order valence-corrected chi connectivity index (χ2v) is 9.17. The largest absolute Gasteiger partial charge is 0.367 e. The van der Waals surface area contributed by atoms with Gasteiger partial charge in [-0.05, 0) is 52.0 Å². The molecule has 1 fully saturated rings. The van der Waals surface area contributed by atoms with Crippen LogP contribution in [0.2, 0.25) is 0 Å². The third-order valence-corrected chi connectivity index (χ3v) is 6.18. The lowest BCUT2D eigenvalue weighted by molar-refractivity contribution is 0.484. The fourth-order valence-electron chi connectivity index (χ4n) is 4.62. The Morgan fingerprint density at radius 1 is 1.09 bits per heavy atom. The summed E-state index contributed by atoms with van der Waals surface area (Å²) in [6.07, 6.45) is 2.87. The molecule has 0 saturated carbocycles. The van der Waals surface area contributed by atoms with Crippen LogP contribution >= 0.6 is 0 Å². The number of imidazole rings is 1. The number of hydrogen-bond donors (Lipinski definition) is 2. The molecule has 1 atom stereocenters. The lowest BCUT2D eigenvalue weighted by Gasteiger charge is -2.33. The third kappa shape index (κ3) is 4.53. The lowest BCUT2D eigenvalue weighted by atomic mass is 10.1. The Hall–Kier alpha value is -3.66. The first kappa shape index (κ1) is 23.1. The maximum atomic E-state index is 14.9. The maximum absolute atomic E-state index is 14.9. The number of nitrogens with zero attached hydrogens (tertiary/aromatic N) is 6. The third-order valence-electron chi connectivity index (χ3n) is 6.18. The van der Waals surface area contributed by atoms with Gasteiger partial charge in [-0.15, -0.1) is 0 Å². The van der Waals surface area contributed by atoms with Gasteiger partial charge >= 0.3 is 0 Å². The standard InChI is InChI=1S/C25H28F2N8/c1-14(2)35-16(4)31-24-19(26)9-17(10-21(24)35)23-20(27)12-30-25(33-23)32-22-6-5-18(11-29-22)34-8-7-28-15(3)13-34/h5-6,9-12,14-15,28H,7-8,13H2,1-4H3,(H,29,30,32,33)/t15-/m0/s1. The van der Waals surface area contributed by atoms with Crippen LogP contribution in [0, 0.1) is 18.6 Å². The predicted octanol–water partition coefficient (Wildman–Crippen LogP) is 4.60. The topological polar surface area (TPSA) is 83.8 Å². The van der Waals surface area contributed by atoms with E-state index < -0.39 is 11.6 Å². The zero-order chi connectivity index (χ0) is 24.7. The number of benzene rings is 1. The van der Waals surface area contributed by atoms with E-state index in [0.717, 1.165) is 31.5 Å². The quantitative estimate of drug-likeness (QED) is 0.434. The van der Waals surface area contributed by atoms with Crippen LogP contribution in [0.4, 0.5) is 26.2 Å². The van der Waals surface area contributed by atoms with Crippen LogP contribution in [0.25, 0.3) is 22.3 Å². The minimum absolute atomic E-state index is 0.00360. The summed E-state index contributed by atoms with van der Waals surface area (Å²) >= 11 is 0. The number of rotatable bonds is 5. The van der Waals surface area contributed by atoms with Crippen molar-refractivity contribution in [3.05, 3.63) is 54.1 Å². The van der Waals surface area contributed by atoms with Crippen molar-refractivity contribution < 1.29 is 8.78 Å². The monoisotopic (exact) mass is 478 g/mol. The molecule has 1 aromatic carbocycles. The van der Waals surface area contributed by atoms with E-state index in [-0.39, 0.29) is 23.2 Å². The molecule has 5 rings (SSSR count). The molecule has 0 unspecified atom stereocenters. The second kappa shape index (κ2) is 9.18. The SMILES string of the molecule is Cc1nc2c(F)cc(-c3nc(Nc4ccc(N5CCN[C@@H](C)C5)cn4)ncc3F)cc2n1C(C)C. The number of piperazine rings is 1. The van der Waals surface area contributed by atoms with Crippen molar-refractivity contribution in [1.82, 2.24) is 29.8 Å². The van der Waals surface area contributed by atoms with E-state index >= 15 is 0 Å². The Balaban J connectivity index is 1.43. The summed E-state index contributed by atoms with van der Waals surface area (Å²) in [6, 6.07) is 7.28. The summed E-state index contributed by atoms with van der Waals surface area (Å²) in [7, 11) is 0. The van der Waals surface area contributed by atoms with Gasteiger partial charge in [0, 0.05) is 37.3 Å². The molecule has 0 amide bonds. The van der Waals surface area contributed by atoms with E-state index in [1.165, 1.54) is 6.07 Å². The number of hydrogen-bond acceptors (Lipinski definition) is 7. The highest BCUT2D eigenvalue weighted by Crippen LogP contribution is 2.30. The lowest BCUT2D eigenvalue weighted by Crippen LogP contribution is -2.49. The second-order valence-electron chi connectivity index (χ2n) is 9.17. The maximum Gasteiger partial charge on any atom is 0.229 e. The minimum Gasteiger partial charge on any atom is -0.367 e. The van der Waals surface area contributed by atoms with Crippen LogP contribution in [-0.2, 0) is 0 Å². The van der Waals surface area contributed by atoms with E-state index in [4.69, 9.17) is 0 Å². The average Bonchev–Trinajstić information content (AvgIpc) is 3.17. The molecule has 10 heteroatoms. The van der Waals surface area contributed by atoms with Crippen LogP contribution in [0.1, 0.15) is 32.6 Å². The first-order valence-corrected chi connectivity index (χ1v) is 11.7. The first-order valence-electron chi connectivity index (χ1n) is 11.7. The fraction of sp³-hybridized carbons (Fsp3) is 0.360. The van der Waals surface area contributed by atoms with Crippen LogP contribution in [-0.4, -0.2) is 50.2 Å². The summed E-state index contributed by atoms with van der Waals surface area (Å²) in [5, 5.41) is 6.45.